The van der Waals surface area contributed by atoms with Crippen molar-refractivity contribution in [1.29, 1.82) is 0 Å². The molecule has 1 aliphatic heterocycles. The molecule has 0 spiro atoms. The van der Waals surface area contributed by atoms with Gasteiger partial charge in [-0.1, -0.05) is 18.6 Å². The number of rotatable bonds is 14. The largest absolute Gasteiger partial charge is 0.497 e. The van der Waals surface area contributed by atoms with E-state index in [2.05, 4.69) is 35.6 Å². The highest BCUT2D eigenvalue weighted by molar-refractivity contribution is 5.88. The summed E-state index contributed by atoms with van der Waals surface area (Å²) in [6.45, 7) is 6.82. The molecule has 17 nitrogen and oxygen atoms in total. The summed E-state index contributed by atoms with van der Waals surface area (Å²) in [6.07, 6.45) is 2.92. The van der Waals surface area contributed by atoms with Crippen molar-refractivity contribution in [3.63, 3.8) is 0 Å². The zero-order chi connectivity index (χ0) is 36.8. The maximum atomic E-state index is 13.6. The molecule has 5 atom stereocenters. The van der Waals surface area contributed by atoms with Crippen molar-refractivity contribution in [2.24, 2.45) is 5.73 Å². The number of hydrogen-bond donors (Lipinski definition) is 6. The van der Waals surface area contributed by atoms with E-state index in [-0.39, 0.29) is 24.7 Å². The Hall–Kier alpha value is -4.87. The van der Waals surface area contributed by atoms with E-state index in [0.717, 1.165) is 18.4 Å². The van der Waals surface area contributed by atoms with Crippen LogP contribution in [0.3, 0.4) is 0 Å². The van der Waals surface area contributed by atoms with Crippen LogP contribution in [-0.4, -0.2) is 104 Å². The quantitative estimate of drug-likeness (QED) is 0.128. The molecule has 0 bridgehead atoms. The third-order valence-electron chi connectivity index (χ3n) is 7.49. The lowest BCUT2D eigenvalue weighted by molar-refractivity contribution is -0.130. The molecule has 17 heteroatoms. The number of hydrogen-bond acceptors (Lipinski definition) is 12. The number of aromatic nitrogens is 4. The number of carbonyl (C=O) groups excluding carboxylic acids is 4. The van der Waals surface area contributed by atoms with Gasteiger partial charge in [-0.2, -0.15) is 0 Å². The zero-order valence-electron chi connectivity index (χ0n) is 29.0. The van der Waals surface area contributed by atoms with E-state index < -0.39 is 54.7 Å². The third kappa shape index (κ3) is 12.2. The Bertz CT molecular complexity index is 1560. The van der Waals surface area contributed by atoms with Gasteiger partial charge in [0.1, 0.15) is 41.4 Å². The number of unbranched alkanes of at least 4 members (excludes halogenated alkanes) is 2. The van der Waals surface area contributed by atoms with Crippen LogP contribution in [0, 0.1) is 0 Å². The molecule has 1 aromatic carbocycles. The Balaban J connectivity index is 0.000000753. The number of nitrogens with one attached hydrogen (secondary N) is 3. The van der Waals surface area contributed by atoms with Gasteiger partial charge in [-0.25, -0.2) is 19.7 Å². The first-order valence-corrected chi connectivity index (χ1v) is 16.2. The smallest absolute Gasteiger partial charge is 0.405 e. The zero-order valence-corrected chi connectivity index (χ0v) is 29.0. The monoisotopic (exact) mass is 700 g/mol. The molecule has 3 heterocycles. The normalized spacial score (nSPS) is 19.1. The molecule has 1 aliphatic rings. The first-order valence-electron chi connectivity index (χ1n) is 16.2. The summed E-state index contributed by atoms with van der Waals surface area (Å²) in [7, 11) is 1.56. The van der Waals surface area contributed by atoms with Gasteiger partial charge in [-0.15, -0.1) is 0 Å². The molecular weight excluding hydrogens is 652 g/mol. The molecule has 0 radical (unpaired) electrons. The Labute approximate surface area is 290 Å². The summed E-state index contributed by atoms with van der Waals surface area (Å²) in [5.74, 6) is -0.273. The summed E-state index contributed by atoms with van der Waals surface area (Å²) in [6, 6.07) is 5.20. The molecule has 2 aromatic heterocycles. The van der Waals surface area contributed by atoms with Crippen molar-refractivity contribution in [1.82, 2.24) is 35.5 Å². The number of aliphatic hydroxyl groups is 2. The fourth-order valence-electron chi connectivity index (χ4n) is 5.17. The lowest BCUT2D eigenvalue weighted by Crippen LogP contribution is -2.55. The van der Waals surface area contributed by atoms with E-state index in [1.165, 1.54) is 30.3 Å². The molecular formula is C33H48N8O9. The van der Waals surface area contributed by atoms with Gasteiger partial charge in [0.2, 0.25) is 17.7 Å². The molecule has 0 aliphatic carbocycles. The van der Waals surface area contributed by atoms with Crippen LogP contribution in [0.15, 0.2) is 43.1 Å². The van der Waals surface area contributed by atoms with Crippen molar-refractivity contribution in [2.75, 3.05) is 20.3 Å². The number of aliphatic hydroxyl groups excluding tert-OH is 2. The highest BCUT2D eigenvalue weighted by Crippen LogP contribution is 2.31. The number of fused-ring (bicyclic) bond motifs is 1. The molecule has 274 valence electrons. The summed E-state index contributed by atoms with van der Waals surface area (Å²) in [5, 5.41) is 29.5. The number of carbonyl (C=O) groups is 4. The molecule has 3 aromatic rings. The predicted molar refractivity (Wildman–Crippen MR) is 180 cm³/mol. The first kappa shape index (κ1) is 39.6. The van der Waals surface area contributed by atoms with Crippen LogP contribution in [0.1, 0.15) is 65.2 Å². The standard InChI is InChI=1S/C28H37N7O7.C5H11NO2/c1-17(37)30-11-5-3-4-6-23(38)33-20(12-18-7-9-19(41-2)10-8-18)27(40)34-24-22(14-36)42-28(25(24)39)35-16-32-21-13-29-15-31-26(21)35;1-5(2,3)8-4(6)7/h7-10,13,15-16,20,22,24-25,28,36,39H,3-6,11-12,14H2,1-2H3,(H,30,37)(H,33,38)(H,34,40);1-3H3,(H2,6,7). The SMILES string of the molecule is CC(C)(C)OC(N)=O.COc1ccc(CC(NC(=O)CCCCCNC(C)=O)C(=O)NC2C(CO)OC(n3cnc4cncnc43)C2O)cc1. The van der Waals surface area contributed by atoms with Gasteiger partial charge in [0.05, 0.1) is 32.3 Å². The number of nitrogens with zero attached hydrogens (tertiary/aromatic N) is 4. The van der Waals surface area contributed by atoms with E-state index in [0.29, 0.717) is 29.9 Å². The lowest BCUT2D eigenvalue weighted by Gasteiger charge is -2.25. The Morgan fingerprint density at radius 1 is 1.10 bits per heavy atom. The second kappa shape index (κ2) is 18.8. The van der Waals surface area contributed by atoms with E-state index in [1.54, 1.807) is 52.1 Å². The molecule has 50 heavy (non-hydrogen) atoms. The van der Waals surface area contributed by atoms with E-state index in [4.69, 9.17) is 15.2 Å². The maximum absolute atomic E-state index is 13.6. The average Bonchev–Trinajstić information content (AvgIpc) is 3.62. The third-order valence-corrected chi connectivity index (χ3v) is 7.49. The highest BCUT2D eigenvalue weighted by atomic mass is 16.6. The minimum Gasteiger partial charge on any atom is -0.497 e. The molecule has 7 N–H and O–H groups in total. The molecule has 0 saturated carbocycles. The number of primary amides is 1. The van der Waals surface area contributed by atoms with Crippen LogP contribution in [0.25, 0.3) is 11.2 Å². The summed E-state index contributed by atoms with van der Waals surface area (Å²) < 4.78 is 17.2. The van der Waals surface area contributed by atoms with Crippen molar-refractivity contribution < 1.29 is 43.6 Å². The summed E-state index contributed by atoms with van der Waals surface area (Å²) >= 11 is 0. The molecule has 4 amide bonds. The second-order valence-corrected chi connectivity index (χ2v) is 12.7. The number of ether oxygens (including phenoxy) is 3. The van der Waals surface area contributed by atoms with Crippen LogP contribution < -0.4 is 26.4 Å². The minimum atomic E-state index is -1.25. The van der Waals surface area contributed by atoms with Crippen molar-refractivity contribution in [3.05, 3.63) is 48.7 Å². The molecule has 1 fully saturated rings. The molecule has 1 saturated heterocycles. The lowest BCUT2D eigenvalue weighted by atomic mass is 10.0. The average molecular weight is 701 g/mol. The van der Waals surface area contributed by atoms with Crippen LogP contribution in [0.4, 0.5) is 4.79 Å². The number of methoxy groups -OCH3 is 1. The fraction of sp³-hybridized carbons (Fsp3) is 0.545. The highest BCUT2D eigenvalue weighted by Gasteiger charge is 2.46. The number of benzene rings is 1. The van der Waals surface area contributed by atoms with E-state index in [9.17, 15) is 29.4 Å². The number of amides is 4. The van der Waals surface area contributed by atoms with Gasteiger partial charge in [0.15, 0.2) is 11.9 Å². The fourth-order valence-corrected chi connectivity index (χ4v) is 5.17. The topological polar surface area (TPSA) is 242 Å². The first-order chi connectivity index (χ1) is 23.7. The Kier molecular flexibility index (Phi) is 14.9. The molecule has 4 rings (SSSR count). The van der Waals surface area contributed by atoms with Crippen molar-refractivity contribution >= 4 is 35.0 Å². The van der Waals surface area contributed by atoms with E-state index >= 15 is 0 Å². The Morgan fingerprint density at radius 2 is 1.82 bits per heavy atom. The van der Waals surface area contributed by atoms with Crippen LogP contribution in [-0.2, 0) is 30.3 Å². The number of nitrogens with two attached hydrogens (primary N) is 1. The van der Waals surface area contributed by atoms with Crippen molar-refractivity contribution in [2.45, 2.75) is 95.9 Å². The van der Waals surface area contributed by atoms with Gasteiger partial charge in [-0.05, 0) is 51.3 Å². The van der Waals surface area contributed by atoms with Gasteiger partial charge in [0.25, 0.3) is 0 Å². The predicted octanol–water partition coefficient (Wildman–Crippen LogP) is 0.875. The summed E-state index contributed by atoms with van der Waals surface area (Å²) in [5.41, 5.74) is 5.98. The van der Waals surface area contributed by atoms with Gasteiger partial charge < -0.3 is 46.1 Å². The maximum Gasteiger partial charge on any atom is 0.405 e. The van der Waals surface area contributed by atoms with Gasteiger partial charge in [0, 0.05) is 26.3 Å². The van der Waals surface area contributed by atoms with Crippen LogP contribution in [0.2, 0.25) is 0 Å². The Morgan fingerprint density at radius 3 is 2.42 bits per heavy atom. The van der Waals surface area contributed by atoms with Crippen LogP contribution in [0.5, 0.6) is 5.75 Å². The van der Waals surface area contributed by atoms with Crippen LogP contribution >= 0.6 is 0 Å². The van der Waals surface area contributed by atoms with Gasteiger partial charge >= 0.3 is 6.09 Å². The molecule has 5 unspecified atom stereocenters. The summed E-state index contributed by atoms with van der Waals surface area (Å²) in [4.78, 5) is 59.8. The van der Waals surface area contributed by atoms with Gasteiger partial charge in [-0.3, -0.25) is 19.0 Å². The second-order valence-electron chi connectivity index (χ2n) is 12.7. The minimum absolute atomic E-state index is 0.0972. The van der Waals surface area contributed by atoms with E-state index in [1.807, 2.05) is 0 Å². The number of imidazole rings is 1. The van der Waals surface area contributed by atoms with Crippen molar-refractivity contribution in [3.8, 4) is 5.75 Å².